The van der Waals surface area contributed by atoms with Crippen molar-refractivity contribution in [3.05, 3.63) is 89.5 Å². The Morgan fingerprint density at radius 3 is 1.70 bits per heavy atom. The van der Waals surface area contributed by atoms with E-state index in [-0.39, 0.29) is 0 Å². The third-order valence-electron chi connectivity index (χ3n) is 2.89. The monoisotopic (exact) mass is 264 g/mol. The minimum absolute atomic E-state index is 0.709. The summed E-state index contributed by atoms with van der Waals surface area (Å²) in [5.41, 5.74) is 3.86. The number of carboxylic acid groups (broad SMARTS) is 1. The van der Waals surface area contributed by atoms with E-state index < -0.39 is 5.97 Å². The van der Waals surface area contributed by atoms with Crippen LogP contribution in [0.4, 0.5) is 0 Å². The van der Waals surface area contributed by atoms with Gasteiger partial charge in [0, 0.05) is 6.08 Å². The molecular weight excluding hydrogens is 248 g/mol. The predicted molar refractivity (Wildman–Crippen MR) is 81.4 cm³/mol. The Morgan fingerprint density at radius 2 is 1.30 bits per heavy atom. The van der Waals surface area contributed by atoms with Gasteiger partial charge in [0.25, 0.3) is 0 Å². The van der Waals surface area contributed by atoms with Crippen LogP contribution in [0.15, 0.2) is 78.4 Å². The maximum Gasteiger partial charge on any atom is 0.328 e. The number of hydrogen-bond donors (Lipinski definition) is 1. The fourth-order valence-corrected chi connectivity index (χ4v) is 2.03. The molecule has 0 aliphatic carbocycles. The molecule has 0 atom stereocenters. The van der Waals surface area contributed by atoms with E-state index in [2.05, 4.69) is 0 Å². The molecule has 2 aromatic rings. The number of carbonyl (C=O) groups is 1. The number of rotatable bonds is 4. The Labute approximate surface area is 118 Å². The molecule has 0 bridgehead atoms. The summed E-state index contributed by atoms with van der Waals surface area (Å²) in [6, 6.07) is 19.9. The lowest BCUT2D eigenvalue weighted by molar-refractivity contribution is -0.131. The fourth-order valence-electron chi connectivity index (χ4n) is 2.03. The molecule has 0 unspecified atom stereocenters. The lowest BCUT2D eigenvalue weighted by Crippen LogP contribution is -1.91. The molecule has 0 aromatic heterocycles. The average Bonchev–Trinajstić information content (AvgIpc) is 2.46. The molecule has 0 aliphatic rings. The fraction of sp³-hybridized carbons (Fsp3) is 0.0556. The van der Waals surface area contributed by atoms with Gasteiger partial charge in [-0.2, -0.15) is 0 Å². The van der Waals surface area contributed by atoms with E-state index in [0.717, 1.165) is 16.7 Å². The van der Waals surface area contributed by atoms with Crippen LogP contribution in [0.3, 0.4) is 0 Å². The van der Waals surface area contributed by atoms with Gasteiger partial charge in [-0.1, -0.05) is 66.7 Å². The summed E-state index contributed by atoms with van der Waals surface area (Å²) in [5, 5.41) is 8.83. The average molecular weight is 264 g/mol. The Hall–Kier alpha value is -2.61. The van der Waals surface area contributed by atoms with Crippen molar-refractivity contribution < 1.29 is 9.90 Å². The Bertz CT molecular complexity index is 596. The van der Waals surface area contributed by atoms with E-state index in [4.69, 9.17) is 5.11 Å². The van der Waals surface area contributed by atoms with Gasteiger partial charge in [-0.05, 0) is 29.2 Å². The van der Waals surface area contributed by atoms with Crippen LogP contribution in [0.25, 0.3) is 5.57 Å². The Balaban J connectivity index is 2.51. The second-order valence-corrected chi connectivity index (χ2v) is 4.52. The van der Waals surface area contributed by atoms with Crippen molar-refractivity contribution in [1.29, 1.82) is 0 Å². The SMILES string of the molecule is CC(=CC(=O)O)C=C(c1ccccc1)c1ccccc1. The number of aliphatic carboxylic acids is 1. The quantitative estimate of drug-likeness (QED) is 0.665. The zero-order chi connectivity index (χ0) is 14.4. The zero-order valence-electron chi connectivity index (χ0n) is 11.3. The third-order valence-corrected chi connectivity index (χ3v) is 2.89. The molecule has 20 heavy (non-hydrogen) atoms. The molecule has 0 saturated heterocycles. The van der Waals surface area contributed by atoms with Gasteiger partial charge in [0.05, 0.1) is 0 Å². The minimum atomic E-state index is -0.931. The third kappa shape index (κ3) is 3.69. The molecule has 1 N–H and O–H groups in total. The van der Waals surface area contributed by atoms with E-state index in [0.29, 0.717) is 5.57 Å². The van der Waals surface area contributed by atoms with Crippen LogP contribution < -0.4 is 0 Å². The van der Waals surface area contributed by atoms with Gasteiger partial charge in [0.15, 0.2) is 0 Å². The molecule has 2 nitrogen and oxygen atoms in total. The number of benzene rings is 2. The van der Waals surface area contributed by atoms with Crippen LogP contribution in [-0.2, 0) is 4.79 Å². The molecule has 0 spiro atoms. The molecule has 0 fully saturated rings. The van der Waals surface area contributed by atoms with E-state index in [1.54, 1.807) is 6.92 Å². The number of hydrogen-bond acceptors (Lipinski definition) is 1. The first-order valence-electron chi connectivity index (χ1n) is 6.40. The van der Waals surface area contributed by atoms with Gasteiger partial charge in [0.1, 0.15) is 0 Å². The molecule has 0 saturated carbocycles. The Kier molecular flexibility index (Phi) is 4.51. The second kappa shape index (κ2) is 6.53. The predicted octanol–water partition coefficient (Wildman–Crippen LogP) is 4.15. The standard InChI is InChI=1S/C18H16O2/c1-14(13-18(19)20)12-17(15-8-4-2-5-9-15)16-10-6-3-7-11-16/h2-13H,1H3,(H,19,20). The van der Waals surface area contributed by atoms with E-state index in [1.165, 1.54) is 6.08 Å². The van der Waals surface area contributed by atoms with Crippen LogP contribution in [0.2, 0.25) is 0 Å². The first kappa shape index (κ1) is 13.8. The summed E-state index contributed by atoms with van der Waals surface area (Å²) >= 11 is 0. The van der Waals surface area contributed by atoms with Gasteiger partial charge in [-0.3, -0.25) is 0 Å². The molecule has 2 heteroatoms. The van der Waals surface area contributed by atoms with E-state index in [1.807, 2.05) is 66.7 Å². The normalized spacial score (nSPS) is 10.9. The molecule has 0 aliphatic heterocycles. The molecule has 100 valence electrons. The van der Waals surface area contributed by atoms with Crippen LogP contribution in [0.5, 0.6) is 0 Å². The van der Waals surface area contributed by atoms with Crippen LogP contribution in [0.1, 0.15) is 18.1 Å². The number of carboxylic acids is 1. The summed E-state index contributed by atoms with van der Waals surface area (Å²) in [7, 11) is 0. The van der Waals surface area contributed by atoms with Gasteiger partial charge in [-0.15, -0.1) is 0 Å². The van der Waals surface area contributed by atoms with Crippen LogP contribution >= 0.6 is 0 Å². The maximum absolute atomic E-state index is 10.8. The first-order chi connectivity index (χ1) is 9.66. The highest BCUT2D eigenvalue weighted by molar-refractivity contribution is 5.85. The molecule has 2 aromatic carbocycles. The molecule has 0 amide bonds. The van der Waals surface area contributed by atoms with Crippen molar-refractivity contribution >= 4 is 11.5 Å². The largest absolute Gasteiger partial charge is 0.478 e. The second-order valence-electron chi connectivity index (χ2n) is 4.52. The highest BCUT2D eigenvalue weighted by Crippen LogP contribution is 2.24. The zero-order valence-corrected chi connectivity index (χ0v) is 11.3. The lowest BCUT2D eigenvalue weighted by atomic mass is 9.96. The van der Waals surface area contributed by atoms with Crippen LogP contribution in [-0.4, -0.2) is 11.1 Å². The maximum atomic E-state index is 10.8. The van der Waals surface area contributed by atoms with Gasteiger partial charge >= 0.3 is 5.97 Å². The van der Waals surface area contributed by atoms with Crippen LogP contribution in [0, 0.1) is 0 Å². The molecule has 0 radical (unpaired) electrons. The summed E-state index contributed by atoms with van der Waals surface area (Å²) in [6.07, 6.45) is 3.12. The summed E-state index contributed by atoms with van der Waals surface area (Å²) in [6.45, 7) is 1.79. The van der Waals surface area contributed by atoms with Gasteiger partial charge in [-0.25, -0.2) is 4.79 Å². The van der Waals surface area contributed by atoms with Crippen molar-refractivity contribution in [3.63, 3.8) is 0 Å². The minimum Gasteiger partial charge on any atom is -0.478 e. The topological polar surface area (TPSA) is 37.3 Å². The van der Waals surface area contributed by atoms with Crippen molar-refractivity contribution in [2.45, 2.75) is 6.92 Å². The molecule has 2 rings (SSSR count). The molecular formula is C18H16O2. The van der Waals surface area contributed by atoms with Gasteiger partial charge in [0.2, 0.25) is 0 Å². The lowest BCUT2D eigenvalue weighted by Gasteiger charge is -2.08. The van der Waals surface area contributed by atoms with E-state index in [9.17, 15) is 4.79 Å². The van der Waals surface area contributed by atoms with Gasteiger partial charge < -0.3 is 5.11 Å². The highest BCUT2D eigenvalue weighted by Gasteiger charge is 2.04. The van der Waals surface area contributed by atoms with Crippen molar-refractivity contribution in [2.75, 3.05) is 0 Å². The Morgan fingerprint density at radius 1 is 0.850 bits per heavy atom. The first-order valence-corrected chi connectivity index (χ1v) is 6.40. The van der Waals surface area contributed by atoms with Crippen molar-refractivity contribution in [1.82, 2.24) is 0 Å². The number of allylic oxidation sites excluding steroid dienone is 2. The summed E-state index contributed by atoms with van der Waals surface area (Å²) in [5.74, 6) is -0.931. The summed E-state index contributed by atoms with van der Waals surface area (Å²) in [4.78, 5) is 10.8. The molecule has 0 heterocycles. The van der Waals surface area contributed by atoms with Crippen molar-refractivity contribution in [3.8, 4) is 0 Å². The van der Waals surface area contributed by atoms with Crippen molar-refractivity contribution in [2.24, 2.45) is 0 Å². The highest BCUT2D eigenvalue weighted by atomic mass is 16.4. The summed E-state index contributed by atoms with van der Waals surface area (Å²) < 4.78 is 0. The smallest absolute Gasteiger partial charge is 0.328 e. The van der Waals surface area contributed by atoms with E-state index >= 15 is 0 Å².